The van der Waals surface area contributed by atoms with Crippen LogP contribution in [-0.4, -0.2) is 47.0 Å². The van der Waals surface area contributed by atoms with E-state index in [0.717, 1.165) is 28.0 Å². The molecule has 0 aliphatic carbocycles. The molecule has 3 aromatic rings. The summed E-state index contributed by atoms with van der Waals surface area (Å²) in [5.74, 6) is -0.191. The van der Waals surface area contributed by atoms with Crippen molar-refractivity contribution in [2.24, 2.45) is 0 Å². The van der Waals surface area contributed by atoms with Crippen molar-refractivity contribution in [2.75, 3.05) is 26.2 Å². The first kappa shape index (κ1) is 21.7. The maximum absolute atomic E-state index is 13.1. The second kappa shape index (κ2) is 8.32. The summed E-state index contributed by atoms with van der Waals surface area (Å²) >= 11 is 0. The third-order valence-electron chi connectivity index (χ3n) is 6.51. The van der Waals surface area contributed by atoms with Crippen LogP contribution < -0.4 is 0 Å². The lowest BCUT2D eigenvalue weighted by Crippen LogP contribution is -2.43. The molecule has 7 heteroatoms. The van der Waals surface area contributed by atoms with Gasteiger partial charge in [0.1, 0.15) is 0 Å². The SMILES string of the molecule is O=C1c2cccc3cccc(c23)C(O)N1CCN1CC=C(c2cccc(C(F)(F)F)c2)CC1. The van der Waals surface area contributed by atoms with Crippen LogP contribution in [0.2, 0.25) is 0 Å². The predicted octanol–water partition coefficient (Wildman–Crippen LogP) is 5.09. The van der Waals surface area contributed by atoms with E-state index in [9.17, 15) is 23.1 Å². The first-order chi connectivity index (χ1) is 15.8. The Bertz CT molecular complexity index is 1250. The van der Waals surface area contributed by atoms with E-state index < -0.39 is 18.0 Å². The molecule has 1 N–H and O–H groups in total. The van der Waals surface area contributed by atoms with Gasteiger partial charge >= 0.3 is 6.18 Å². The lowest BCUT2D eigenvalue weighted by atomic mass is 9.93. The summed E-state index contributed by atoms with van der Waals surface area (Å²) in [7, 11) is 0. The molecule has 0 saturated heterocycles. The van der Waals surface area contributed by atoms with E-state index in [1.807, 2.05) is 36.4 Å². The van der Waals surface area contributed by atoms with E-state index in [2.05, 4.69) is 4.90 Å². The fourth-order valence-corrected chi connectivity index (χ4v) is 4.74. The Morgan fingerprint density at radius 2 is 1.76 bits per heavy atom. The van der Waals surface area contributed by atoms with Gasteiger partial charge in [-0.3, -0.25) is 9.69 Å². The van der Waals surface area contributed by atoms with Crippen molar-refractivity contribution in [1.29, 1.82) is 0 Å². The monoisotopic (exact) mass is 452 g/mol. The van der Waals surface area contributed by atoms with Crippen LogP contribution >= 0.6 is 0 Å². The summed E-state index contributed by atoms with van der Waals surface area (Å²) in [5, 5.41) is 12.6. The molecule has 170 valence electrons. The van der Waals surface area contributed by atoms with Gasteiger partial charge in [-0.1, -0.05) is 48.5 Å². The standard InChI is InChI=1S/C26H23F3N2O2/c27-26(28,29)20-7-1-6-19(16-20)17-10-12-30(13-11-17)14-15-31-24(32)21-8-2-4-18-5-3-9-22(23(18)21)25(31)33/h1-10,16,24,32H,11-15H2. The summed E-state index contributed by atoms with van der Waals surface area (Å²) < 4.78 is 39.1. The quantitative estimate of drug-likeness (QED) is 0.600. The first-order valence-corrected chi connectivity index (χ1v) is 10.9. The van der Waals surface area contributed by atoms with Crippen LogP contribution in [0.25, 0.3) is 16.3 Å². The molecule has 0 saturated carbocycles. The van der Waals surface area contributed by atoms with Crippen LogP contribution in [0.3, 0.4) is 0 Å². The minimum atomic E-state index is -4.36. The van der Waals surface area contributed by atoms with Gasteiger partial charge in [-0.15, -0.1) is 0 Å². The molecule has 0 bridgehead atoms. The van der Waals surface area contributed by atoms with Crippen molar-refractivity contribution >= 4 is 22.3 Å². The molecule has 1 atom stereocenters. The molecule has 4 nitrogen and oxygen atoms in total. The summed E-state index contributed by atoms with van der Waals surface area (Å²) in [6, 6.07) is 16.6. The molecule has 5 rings (SSSR count). The zero-order valence-corrected chi connectivity index (χ0v) is 17.8. The Hall–Kier alpha value is -3.16. The van der Waals surface area contributed by atoms with Gasteiger partial charge in [-0.05, 0) is 41.1 Å². The molecule has 1 unspecified atom stereocenters. The molecule has 0 radical (unpaired) electrons. The Morgan fingerprint density at radius 1 is 1.00 bits per heavy atom. The predicted molar refractivity (Wildman–Crippen MR) is 120 cm³/mol. The normalized spacial score (nSPS) is 19.2. The van der Waals surface area contributed by atoms with Crippen molar-refractivity contribution in [3.8, 4) is 0 Å². The van der Waals surface area contributed by atoms with Crippen molar-refractivity contribution in [3.05, 3.63) is 89.0 Å². The topological polar surface area (TPSA) is 43.8 Å². The zero-order chi connectivity index (χ0) is 23.2. The highest BCUT2D eigenvalue weighted by Gasteiger charge is 2.33. The van der Waals surface area contributed by atoms with Crippen LogP contribution in [0, 0.1) is 0 Å². The number of nitrogens with zero attached hydrogens (tertiary/aromatic N) is 2. The van der Waals surface area contributed by atoms with E-state index in [-0.39, 0.29) is 5.91 Å². The lowest BCUT2D eigenvalue weighted by molar-refractivity contribution is -0.137. The average Bonchev–Trinajstić information content (AvgIpc) is 2.82. The Kier molecular flexibility index (Phi) is 5.46. The molecule has 1 amide bonds. The first-order valence-electron chi connectivity index (χ1n) is 10.9. The maximum Gasteiger partial charge on any atom is 0.416 e. The fourth-order valence-electron chi connectivity index (χ4n) is 4.74. The number of carbonyl (C=O) groups is 1. The van der Waals surface area contributed by atoms with E-state index in [0.29, 0.717) is 43.7 Å². The van der Waals surface area contributed by atoms with Crippen molar-refractivity contribution < 1.29 is 23.1 Å². The number of aliphatic hydroxyl groups is 1. The summed E-state index contributed by atoms with van der Waals surface area (Å²) in [6.45, 7) is 2.17. The third kappa shape index (κ3) is 4.03. The molecule has 2 heterocycles. The highest BCUT2D eigenvalue weighted by atomic mass is 19.4. The summed E-state index contributed by atoms with van der Waals surface area (Å²) in [4.78, 5) is 16.7. The van der Waals surface area contributed by atoms with Crippen LogP contribution in [0.15, 0.2) is 66.7 Å². The molecule has 2 aliphatic heterocycles. The van der Waals surface area contributed by atoms with Crippen LogP contribution in [0.1, 0.15) is 39.7 Å². The van der Waals surface area contributed by atoms with E-state index in [1.54, 1.807) is 12.1 Å². The van der Waals surface area contributed by atoms with E-state index >= 15 is 0 Å². The lowest BCUT2D eigenvalue weighted by Gasteiger charge is -2.36. The molecule has 3 aromatic carbocycles. The van der Waals surface area contributed by atoms with E-state index in [4.69, 9.17) is 0 Å². The van der Waals surface area contributed by atoms with Crippen molar-refractivity contribution in [2.45, 2.75) is 18.8 Å². The van der Waals surface area contributed by atoms with Gasteiger partial charge in [0.15, 0.2) is 6.23 Å². The number of benzene rings is 3. The van der Waals surface area contributed by atoms with Crippen LogP contribution in [-0.2, 0) is 6.18 Å². The molecular weight excluding hydrogens is 429 g/mol. The number of alkyl halides is 3. The van der Waals surface area contributed by atoms with Gasteiger partial charge in [-0.2, -0.15) is 13.2 Å². The maximum atomic E-state index is 13.1. The van der Waals surface area contributed by atoms with Crippen molar-refractivity contribution in [3.63, 3.8) is 0 Å². The smallest absolute Gasteiger partial charge is 0.369 e. The molecule has 33 heavy (non-hydrogen) atoms. The highest BCUT2D eigenvalue weighted by molar-refractivity contribution is 6.10. The van der Waals surface area contributed by atoms with Crippen LogP contribution in [0.5, 0.6) is 0 Å². The number of rotatable bonds is 4. The second-order valence-electron chi connectivity index (χ2n) is 8.48. The van der Waals surface area contributed by atoms with Gasteiger partial charge < -0.3 is 10.0 Å². The van der Waals surface area contributed by atoms with Crippen molar-refractivity contribution in [1.82, 2.24) is 9.80 Å². The number of halogens is 3. The van der Waals surface area contributed by atoms with Gasteiger partial charge in [0.05, 0.1) is 5.56 Å². The number of aliphatic hydroxyl groups excluding tert-OH is 1. The Balaban J connectivity index is 1.27. The number of amides is 1. The minimum Gasteiger partial charge on any atom is -0.369 e. The van der Waals surface area contributed by atoms with Gasteiger partial charge in [0, 0.05) is 42.7 Å². The zero-order valence-electron chi connectivity index (χ0n) is 17.8. The molecule has 0 aromatic heterocycles. The molecule has 0 spiro atoms. The largest absolute Gasteiger partial charge is 0.416 e. The summed E-state index contributed by atoms with van der Waals surface area (Å²) in [6.07, 6.45) is -2.79. The number of carbonyl (C=O) groups excluding carboxylic acids is 1. The highest BCUT2D eigenvalue weighted by Crippen LogP contribution is 2.36. The van der Waals surface area contributed by atoms with Gasteiger partial charge in [0.2, 0.25) is 0 Å². The van der Waals surface area contributed by atoms with E-state index in [1.165, 1.54) is 17.0 Å². The minimum absolute atomic E-state index is 0.191. The number of hydrogen-bond acceptors (Lipinski definition) is 3. The number of hydrogen-bond donors (Lipinski definition) is 1. The molecular formula is C26H23F3N2O2. The summed E-state index contributed by atoms with van der Waals surface area (Å²) in [5.41, 5.74) is 2.17. The van der Waals surface area contributed by atoms with Gasteiger partial charge in [-0.25, -0.2) is 0 Å². The average molecular weight is 452 g/mol. The Labute approximate surface area is 189 Å². The van der Waals surface area contributed by atoms with Gasteiger partial charge in [0.25, 0.3) is 5.91 Å². The van der Waals surface area contributed by atoms with Crippen LogP contribution in [0.4, 0.5) is 13.2 Å². The Morgan fingerprint density at radius 3 is 2.48 bits per heavy atom. The fraction of sp³-hybridized carbons (Fsp3) is 0.269. The molecule has 2 aliphatic rings. The third-order valence-corrected chi connectivity index (χ3v) is 6.51. The second-order valence-corrected chi connectivity index (χ2v) is 8.48. The molecule has 0 fully saturated rings.